The van der Waals surface area contributed by atoms with Crippen LogP contribution in [0.15, 0.2) is 22.7 Å². The largest absolute Gasteiger partial charge is 0.309 e. The molecule has 0 heterocycles. The van der Waals surface area contributed by atoms with Gasteiger partial charge in [-0.25, -0.2) is 0 Å². The third kappa shape index (κ3) is 1.32. The number of hydrogen-bond donors (Lipinski definition) is 1. The van der Waals surface area contributed by atoms with E-state index in [9.17, 15) is 0 Å². The van der Waals surface area contributed by atoms with Crippen LogP contribution in [-0.4, -0.2) is 5.71 Å². The summed E-state index contributed by atoms with van der Waals surface area (Å²) in [4.78, 5) is 0. The molecule has 1 fully saturated rings. The Morgan fingerprint density at radius 2 is 2.19 bits per heavy atom. The minimum atomic E-state index is 0.383. The lowest BCUT2D eigenvalue weighted by Crippen LogP contribution is -2.36. The zero-order chi connectivity index (χ0) is 11.3. The summed E-state index contributed by atoms with van der Waals surface area (Å²) in [6.45, 7) is 1.97. The predicted molar refractivity (Wildman–Crippen MR) is 70.3 cm³/mol. The Balaban J connectivity index is 2.11. The van der Waals surface area contributed by atoms with Crippen LogP contribution in [0.25, 0.3) is 0 Å². The summed E-state index contributed by atoms with van der Waals surface area (Å²) in [5, 5.41) is 8.07. The highest BCUT2D eigenvalue weighted by Gasteiger charge is 2.50. The zero-order valence-corrected chi connectivity index (χ0v) is 11.1. The van der Waals surface area contributed by atoms with Crippen molar-refractivity contribution in [2.75, 3.05) is 0 Å². The van der Waals surface area contributed by atoms with Crippen molar-refractivity contribution < 1.29 is 0 Å². The maximum Gasteiger partial charge on any atom is 0.0276 e. The van der Waals surface area contributed by atoms with Gasteiger partial charge in [0.2, 0.25) is 0 Å². The third-order valence-corrected chi connectivity index (χ3v) is 4.85. The topological polar surface area (TPSA) is 23.9 Å². The third-order valence-electron chi connectivity index (χ3n) is 4.36. The molecule has 1 N–H and O–H groups in total. The second-order valence-electron chi connectivity index (χ2n) is 5.35. The van der Waals surface area contributed by atoms with Crippen LogP contribution in [0, 0.1) is 10.8 Å². The standard InChI is InChI=1S/C14H16BrN/c1-9(16)13-12-7-11(15)4-3-10(12)8-14(13)5-2-6-14/h3-4,7,13,16H,2,5-6,8H2,1H3. The van der Waals surface area contributed by atoms with Gasteiger partial charge in [-0.2, -0.15) is 0 Å². The SMILES string of the molecule is CC(=N)C1c2cc(Br)ccc2CC12CCC2. The van der Waals surface area contributed by atoms with Crippen molar-refractivity contribution in [1.82, 2.24) is 0 Å². The van der Waals surface area contributed by atoms with Crippen LogP contribution in [0.5, 0.6) is 0 Å². The molecule has 0 aromatic heterocycles. The van der Waals surface area contributed by atoms with Crippen molar-refractivity contribution in [3.05, 3.63) is 33.8 Å². The fourth-order valence-electron chi connectivity index (χ4n) is 3.60. The molecule has 0 aliphatic heterocycles. The van der Waals surface area contributed by atoms with E-state index in [4.69, 9.17) is 5.41 Å². The molecular weight excluding hydrogens is 262 g/mol. The average Bonchev–Trinajstić information content (AvgIpc) is 2.51. The van der Waals surface area contributed by atoms with Gasteiger partial charge in [0.15, 0.2) is 0 Å². The number of benzene rings is 1. The lowest BCUT2D eigenvalue weighted by molar-refractivity contribution is 0.135. The minimum absolute atomic E-state index is 0.383. The number of halogens is 1. The lowest BCUT2D eigenvalue weighted by atomic mass is 9.60. The lowest BCUT2D eigenvalue weighted by Gasteiger charge is -2.43. The van der Waals surface area contributed by atoms with Crippen molar-refractivity contribution >= 4 is 21.6 Å². The average molecular weight is 278 g/mol. The van der Waals surface area contributed by atoms with Crippen molar-refractivity contribution in [1.29, 1.82) is 5.41 Å². The van der Waals surface area contributed by atoms with E-state index in [-0.39, 0.29) is 0 Å². The monoisotopic (exact) mass is 277 g/mol. The highest BCUT2D eigenvalue weighted by atomic mass is 79.9. The Kier molecular flexibility index (Phi) is 2.25. The summed E-state index contributed by atoms with van der Waals surface area (Å²) in [6, 6.07) is 6.60. The molecule has 0 saturated heterocycles. The molecule has 84 valence electrons. The fraction of sp³-hybridized carbons (Fsp3) is 0.500. The number of fused-ring (bicyclic) bond motifs is 1. The summed E-state index contributed by atoms with van der Waals surface area (Å²) < 4.78 is 1.15. The molecule has 1 atom stereocenters. The van der Waals surface area contributed by atoms with Crippen LogP contribution >= 0.6 is 15.9 Å². The molecule has 2 aliphatic rings. The van der Waals surface area contributed by atoms with E-state index in [1.807, 2.05) is 6.92 Å². The quantitative estimate of drug-likeness (QED) is 0.741. The highest BCUT2D eigenvalue weighted by Crippen LogP contribution is 2.59. The predicted octanol–water partition coefficient (Wildman–Crippen LogP) is 4.30. The first kappa shape index (κ1) is 10.5. The van der Waals surface area contributed by atoms with Gasteiger partial charge in [-0.05, 0) is 54.9 Å². The summed E-state index contributed by atoms with van der Waals surface area (Å²) in [5.74, 6) is 0.383. The molecule has 3 rings (SSSR count). The van der Waals surface area contributed by atoms with Gasteiger partial charge in [0, 0.05) is 16.1 Å². The maximum absolute atomic E-state index is 8.07. The second-order valence-corrected chi connectivity index (χ2v) is 6.27. The summed E-state index contributed by atoms with van der Waals surface area (Å²) in [5.41, 5.74) is 4.13. The Bertz CT molecular complexity index is 460. The van der Waals surface area contributed by atoms with Crippen LogP contribution in [0.1, 0.15) is 43.2 Å². The molecule has 1 saturated carbocycles. The van der Waals surface area contributed by atoms with Gasteiger partial charge in [-0.15, -0.1) is 0 Å². The molecular formula is C14H16BrN. The van der Waals surface area contributed by atoms with Gasteiger partial charge < -0.3 is 5.41 Å². The summed E-state index contributed by atoms with van der Waals surface area (Å²) >= 11 is 3.55. The van der Waals surface area contributed by atoms with E-state index in [1.165, 1.54) is 36.8 Å². The Morgan fingerprint density at radius 1 is 1.44 bits per heavy atom. The summed E-state index contributed by atoms with van der Waals surface area (Å²) in [7, 11) is 0. The van der Waals surface area contributed by atoms with Gasteiger partial charge in [0.05, 0.1) is 0 Å². The first-order valence-electron chi connectivity index (χ1n) is 5.96. The normalized spacial score (nSPS) is 25.2. The van der Waals surface area contributed by atoms with Crippen LogP contribution in [0.3, 0.4) is 0 Å². The van der Waals surface area contributed by atoms with Crippen LogP contribution < -0.4 is 0 Å². The van der Waals surface area contributed by atoms with Gasteiger partial charge in [-0.3, -0.25) is 0 Å². The molecule has 1 aromatic carbocycles. The van der Waals surface area contributed by atoms with Gasteiger partial charge in [0.1, 0.15) is 0 Å². The molecule has 0 amide bonds. The number of hydrogen-bond acceptors (Lipinski definition) is 1. The van der Waals surface area contributed by atoms with Crippen LogP contribution in [-0.2, 0) is 6.42 Å². The molecule has 2 heteroatoms. The molecule has 1 aromatic rings. The summed E-state index contributed by atoms with van der Waals surface area (Å²) in [6.07, 6.45) is 5.15. The van der Waals surface area contributed by atoms with Crippen LogP contribution in [0.4, 0.5) is 0 Å². The van der Waals surface area contributed by atoms with Crippen LogP contribution in [0.2, 0.25) is 0 Å². The molecule has 16 heavy (non-hydrogen) atoms. The van der Waals surface area contributed by atoms with E-state index in [2.05, 4.69) is 34.1 Å². The highest BCUT2D eigenvalue weighted by molar-refractivity contribution is 9.10. The fourth-order valence-corrected chi connectivity index (χ4v) is 3.97. The molecule has 1 unspecified atom stereocenters. The van der Waals surface area contributed by atoms with Gasteiger partial charge in [-0.1, -0.05) is 28.4 Å². The second kappa shape index (κ2) is 3.43. The van der Waals surface area contributed by atoms with E-state index in [0.717, 1.165) is 10.2 Å². The smallest absolute Gasteiger partial charge is 0.0276 e. The van der Waals surface area contributed by atoms with Gasteiger partial charge in [0.25, 0.3) is 0 Å². The zero-order valence-electron chi connectivity index (χ0n) is 9.52. The first-order chi connectivity index (χ1) is 7.62. The van der Waals surface area contributed by atoms with E-state index >= 15 is 0 Å². The number of rotatable bonds is 1. The minimum Gasteiger partial charge on any atom is -0.309 e. The Hall–Kier alpha value is -0.630. The van der Waals surface area contributed by atoms with Crippen molar-refractivity contribution in [2.24, 2.45) is 5.41 Å². The number of nitrogens with one attached hydrogen (secondary N) is 1. The molecule has 0 radical (unpaired) electrons. The van der Waals surface area contributed by atoms with Gasteiger partial charge >= 0.3 is 0 Å². The Labute approximate surface area is 105 Å². The van der Waals surface area contributed by atoms with E-state index in [1.54, 1.807) is 0 Å². The van der Waals surface area contributed by atoms with E-state index < -0.39 is 0 Å². The van der Waals surface area contributed by atoms with Crippen molar-refractivity contribution in [3.8, 4) is 0 Å². The molecule has 1 nitrogen and oxygen atoms in total. The first-order valence-corrected chi connectivity index (χ1v) is 6.75. The molecule has 1 spiro atoms. The van der Waals surface area contributed by atoms with E-state index in [0.29, 0.717) is 11.3 Å². The maximum atomic E-state index is 8.07. The molecule has 2 aliphatic carbocycles. The molecule has 0 bridgehead atoms. The van der Waals surface area contributed by atoms with Crippen molar-refractivity contribution in [3.63, 3.8) is 0 Å². The Morgan fingerprint density at radius 3 is 2.75 bits per heavy atom. The van der Waals surface area contributed by atoms with Crippen molar-refractivity contribution in [2.45, 2.75) is 38.5 Å².